The van der Waals surface area contributed by atoms with Crippen LogP contribution in [0.3, 0.4) is 0 Å². The number of halogens is 1. The van der Waals surface area contributed by atoms with Gasteiger partial charge in [-0.1, -0.05) is 0 Å². The van der Waals surface area contributed by atoms with Gasteiger partial charge in [0.2, 0.25) is 10.0 Å². The second-order valence-corrected chi connectivity index (χ2v) is 5.75. The molecule has 0 spiro atoms. The van der Waals surface area contributed by atoms with Crippen LogP contribution in [0.1, 0.15) is 0 Å². The molecule has 1 N–H and O–H groups in total. The summed E-state index contributed by atoms with van der Waals surface area (Å²) in [7, 11) is -4.13. The molecule has 1 aromatic carbocycles. The molecule has 0 atom stereocenters. The molecule has 0 unspecified atom stereocenters. The van der Waals surface area contributed by atoms with Crippen LogP contribution in [-0.2, 0) is 10.0 Å². The largest absolute Gasteiger partial charge is 0.390 e. The van der Waals surface area contributed by atoms with Crippen molar-refractivity contribution in [3.05, 3.63) is 34.1 Å². The summed E-state index contributed by atoms with van der Waals surface area (Å²) in [5.41, 5.74) is -0.504. The van der Waals surface area contributed by atoms with Crippen LogP contribution in [0.2, 0.25) is 0 Å². The van der Waals surface area contributed by atoms with Crippen LogP contribution in [0.25, 0.3) is 0 Å². The quantitative estimate of drug-likeness (QED) is 0.623. The third kappa shape index (κ3) is 2.07. The Morgan fingerprint density at radius 3 is 2.56 bits per heavy atom. The maximum absolute atomic E-state index is 13.5. The number of β-amino-alcohol motifs (C(OH)–C–C–N with tert-alkyl or cyclic N) is 1. The van der Waals surface area contributed by atoms with Crippen LogP contribution in [0.15, 0.2) is 23.1 Å². The van der Waals surface area contributed by atoms with Crippen molar-refractivity contribution in [2.24, 2.45) is 0 Å². The van der Waals surface area contributed by atoms with Gasteiger partial charge in [0.15, 0.2) is 0 Å². The molecule has 0 aliphatic carbocycles. The van der Waals surface area contributed by atoms with Crippen molar-refractivity contribution in [2.45, 2.75) is 11.0 Å². The Morgan fingerprint density at radius 1 is 1.44 bits per heavy atom. The lowest BCUT2D eigenvalue weighted by atomic mass is 10.2. The molecule has 0 bridgehead atoms. The number of hydrogen-bond acceptors (Lipinski definition) is 5. The number of nitro benzene ring substituents is 1. The van der Waals surface area contributed by atoms with Crippen LogP contribution in [0.4, 0.5) is 10.1 Å². The highest BCUT2D eigenvalue weighted by molar-refractivity contribution is 7.89. The Morgan fingerprint density at radius 2 is 2.06 bits per heavy atom. The van der Waals surface area contributed by atoms with Crippen molar-refractivity contribution < 1.29 is 22.8 Å². The summed E-state index contributed by atoms with van der Waals surface area (Å²) >= 11 is 0. The molecular weight excluding hydrogens is 267 g/mol. The fraction of sp³-hybridized carbons (Fsp3) is 0.333. The number of nitrogens with zero attached hydrogens (tertiary/aromatic N) is 2. The zero-order valence-corrected chi connectivity index (χ0v) is 9.80. The molecule has 98 valence electrons. The van der Waals surface area contributed by atoms with Crippen molar-refractivity contribution >= 4 is 15.7 Å². The minimum Gasteiger partial charge on any atom is -0.390 e. The van der Waals surface area contributed by atoms with E-state index in [9.17, 15) is 22.9 Å². The van der Waals surface area contributed by atoms with E-state index in [-0.39, 0.29) is 13.1 Å². The molecular formula is C9H9FN2O5S. The predicted molar refractivity (Wildman–Crippen MR) is 57.8 cm³/mol. The van der Waals surface area contributed by atoms with Crippen molar-refractivity contribution in [3.63, 3.8) is 0 Å². The van der Waals surface area contributed by atoms with Crippen LogP contribution in [0, 0.1) is 15.9 Å². The number of aliphatic hydroxyl groups is 1. The summed E-state index contributed by atoms with van der Waals surface area (Å²) in [5.74, 6) is -1.05. The Bertz CT molecular complexity index is 597. The first-order chi connectivity index (χ1) is 8.32. The van der Waals surface area contributed by atoms with Gasteiger partial charge < -0.3 is 5.11 Å². The number of nitro groups is 1. The molecule has 1 heterocycles. The Labute approximate surface area is 102 Å². The maximum Gasteiger partial charge on any atom is 0.270 e. The van der Waals surface area contributed by atoms with Gasteiger partial charge in [0, 0.05) is 25.2 Å². The zero-order valence-electron chi connectivity index (χ0n) is 8.98. The molecule has 1 aliphatic heterocycles. The first kappa shape index (κ1) is 12.9. The minimum atomic E-state index is -4.13. The molecule has 0 amide bonds. The van der Waals surface area contributed by atoms with Crippen LogP contribution < -0.4 is 0 Å². The lowest BCUT2D eigenvalue weighted by Gasteiger charge is -2.34. The first-order valence-electron chi connectivity index (χ1n) is 4.94. The van der Waals surface area contributed by atoms with Gasteiger partial charge in [0.25, 0.3) is 5.69 Å². The summed E-state index contributed by atoms with van der Waals surface area (Å²) in [6.07, 6.45) is -0.776. The molecule has 0 saturated carbocycles. The lowest BCUT2D eigenvalue weighted by molar-refractivity contribution is -0.385. The summed E-state index contributed by atoms with van der Waals surface area (Å²) in [5, 5.41) is 19.6. The van der Waals surface area contributed by atoms with Crippen molar-refractivity contribution in [3.8, 4) is 0 Å². The average Bonchev–Trinajstić information content (AvgIpc) is 2.24. The summed E-state index contributed by atoms with van der Waals surface area (Å²) in [6, 6.07) is 2.30. The van der Waals surface area contributed by atoms with E-state index in [1.54, 1.807) is 0 Å². The van der Waals surface area contributed by atoms with Crippen molar-refractivity contribution in [1.29, 1.82) is 0 Å². The van der Waals surface area contributed by atoms with Gasteiger partial charge >= 0.3 is 0 Å². The Kier molecular flexibility index (Phi) is 3.05. The van der Waals surface area contributed by atoms with Gasteiger partial charge in [0.1, 0.15) is 10.7 Å². The van der Waals surface area contributed by atoms with Gasteiger partial charge in [-0.05, 0) is 6.07 Å². The van der Waals surface area contributed by atoms with E-state index in [4.69, 9.17) is 5.11 Å². The number of rotatable bonds is 3. The van der Waals surface area contributed by atoms with E-state index in [1.807, 2.05) is 0 Å². The second kappa shape index (κ2) is 4.26. The van der Waals surface area contributed by atoms with E-state index in [1.165, 1.54) is 0 Å². The van der Waals surface area contributed by atoms with E-state index in [2.05, 4.69) is 0 Å². The van der Waals surface area contributed by atoms with Gasteiger partial charge in [-0.2, -0.15) is 4.31 Å². The van der Waals surface area contributed by atoms with E-state index in [0.29, 0.717) is 6.07 Å². The fourth-order valence-electron chi connectivity index (χ4n) is 1.56. The third-order valence-electron chi connectivity index (χ3n) is 2.57. The normalized spacial score (nSPS) is 17.4. The molecule has 7 nitrogen and oxygen atoms in total. The standard InChI is InChI=1S/C9H9FN2O5S/c10-8-2-1-6(12(14)15)3-9(8)18(16,17)11-4-7(13)5-11/h1-3,7,13H,4-5H2. The molecule has 0 radical (unpaired) electrons. The van der Waals surface area contributed by atoms with Crippen molar-refractivity contribution in [2.75, 3.05) is 13.1 Å². The third-order valence-corrected chi connectivity index (χ3v) is 4.42. The summed E-state index contributed by atoms with van der Waals surface area (Å²) in [4.78, 5) is 8.98. The molecule has 1 aliphatic rings. The topological polar surface area (TPSA) is 101 Å². The summed E-state index contributed by atoms with van der Waals surface area (Å²) in [6.45, 7) is -0.269. The Balaban J connectivity index is 2.44. The van der Waals surface area contributed by atoms with Gasteiger partial charge in [0.05, 0.1) is 11.0 Å². The number of non-ortho nitro benzene ring substituents is 1. The number of benzene rings is 1. The first-order valence-corrected chi connectivity index (χ1v) is 6.38. The van der Waals surface area contributed by atoms with Crippen LogP contribution in [0.5, 0.6) is 0 Å². The highest BCUT2D eigenvalue weighted by Gasteiger charge is 2.37. The zero-order chi connectivity index (χ0) is 13.5. The number of hydrogen-bond donors (Lipinski definition) is 1. The molecule has 0 aromatic heterocycles. The number of sulfonamides is 1. The molecule has 2 rings (SSSR count). The van der Waals surface area contributed by atoms with E-state index < -0.39 is 37.5 Å². The van der Waals surface area contributed by atoms with Crippen LogP contribution >= 0.6 is 0 Å². The highest BCUT2D eigenvalue weighted by atomic mass is 32.2. The summed E-state index contributed by atoms with van der Waals surface area (Å²) < 4.78 is 38.1. The van der Waals surface area contributed by atoms with Crippen LogP contribution in [-0.4, -0.2) is 41.9 Å². The SMILES string of the molecule is O=[N+]([O-])c1ccc(F)c(S(=O)(=O)N2CC(O)C2)c1. The Hall–Kier alpha value is -1.58. The molecule has 1 fully saturated rings. The van der Waals surface area contributed by atoms with E-state index in [0.717, 1.165) is 16.4 Å². The van der Waals surface area contributed by atoms with Gasteiger partial charge in [-0.25, -0.2) is 12.8 Å². The number of aliphatic hydroxyl groups excluding tert-OH is 1. The van der Waals surface area contributed by atoms with Gasteiger partial charge in [-0.15, -0.1) is 0 Å². The molecule has 1 aromatic rings. The highest BCUT2D eigenvalue weighted by Crippen LogP contribution is 2.26. The fourth-order valence-corrected chi connectivity index (χ4v) is 3.15. The average molecular weight is 276 g/mol. The maximum atomic E-state index is 13.5. The smallest absolute Gasteiger partial charge is 0.270 e. The second-order valence-electron chi connectivity index (χ2n) is 3.85. The van der Waals surface area contributed by atoms with Crippen molar-refractivity contribution in [1.82, 2.24) is 4.31 Å². The molecule has 18 heavy (non-hydrogen) atoms. The monoisotopic (exact) mass is 276 g/mol. The predicted octanol–water partition coefficient (Wildman–Crippen LogP) is 0.0991. The van der Waals surface area contributed by atoms with E-state index >= 15 is 0 Å². The molecule has 9 heteroatoms. The minimum absolute atomic E-state index is 0.134. The lowest BCUT2D eigenvalue weighted by Crippen LogP contribution is -2.53. The van der Waals surface area contributed by atoms with Gasteiger partial charge in [-0.3, -0.25) is 10.1 Å². The molecule has 1 saturated heterocycles.